The van der Waals surface area contributed by atoms with Crippen LogP contribution in [-0.4, -0.2) is 98.0 Å². The molecule has 4 atom stereocenters. The summed E-state index contributed by atoms with van der Waals surface area (Å²) in [5.41, 5.74) is -1.35. The number of H-pyrrole nitrogens is 2. The van der Waals surface area contributed by atoms with E-state index in [1.54, 1.807) is 6.07 Å². The highest BCUT2D eigenvalue weighted by atomic mass is 32.2. The number of carboxylic acid groups (broad SMARTS) is 1. The minimum absolute atomic E-state index is 0.0289. The van der Waals surface area contributed by atoms with Crippen molar-refractivity contribution in [1.82, 2.24) is 46.1 Å². The number of hydrogen-bond acceptors (Lipinski definition) is 12. The van der Waals surface area contributed by atoms with E-state index in [1.165, 1.54) is 39.8 Å². The predicted molar refractivity (Wildman–Crippen MR) is 121 cm³/mol. The zero-order chi connectivity index (χ0) is 23.9. The molecule has 0 radical (unpaired) electrons. The van der Waals surface area contributed by atoms with Gasteiger partial charge in [0.15, 0.2) is 5.82 Å². The number of aromatic amines is 2. The first kappa shape index (κ1) is 22.7. The smallest absolute Gasteiger partial charge is 0.313 e. The first-order valence-electron chi connectivity index (χ1n) is 10.0. The predicted octanol–water partition coefficient (Wildman–Crippen LogP) is -0.114. The third-order valence-corrected chi connectivity index (χ3v) is 9.50. The molecule has 0 aliphatic carbocycles. The Hall–Kier alpha value is -3.05. The van der Waals surface area contributed by atoms with Crippen LogP contribution in [0.2, 0.25) is 0 Å². The van der Waals surface area contributed by atoms with Gasteiger partial charge in [0.1, 0.15) is 16.8 Å². The molecule has 5 rings (SSSR count). The molecule has 0 bridgehead atoms. The zero-order valence-corrected chi connectivity index (χ0v) is 20.0. The SMILES string of the molecule is CC(=O)N(c1cccs1)C1C(=O)N2CC(C(=O)O)(C(Cc3nn[nH]n3)Sc3nn[nH]n3)CS[C@H]12. The molecule has 2 aliphatic rings. The average Bonchev–Trinajstić information content (AvgIpc) is 3.60. The summed E-state index contributed by atoms with van der Waals surface area (Å²) in [4.78, 5) is 41.4. The maximum Gasteiger partial charge on any atom is 0.313 e. The van der Waals surface area contributed by atoms with Gasteiger partial charge < -0.3 is 10.0 Å². The van der Waals surface area contributed by atoms with Crippen LogP contribution in [0.5, 0.6) is 0 Å². The van der Waals surface area contributed by atoms with Crippen LogP contribution in [0.3, 0.4) is 0 Å². The maximum absolute atomic E-state index is 13.2. The number of rotatable bonds is 8. The summed E-state index contributed by atoms with van der Waals surface area (Å²) in [6, 6.07) is 2.94. The molecule has 5 heterocycles. The monoisotopic (exact) mass is 522 g/mol. The van der Waals surface area contributed by atoms with Crippen LogP contribution < -0.4 is 4.90 Å². The molecule has 2 amide bonds. The first-order chi connectivity index (χ1) is 16.4. The number of carbonyl (C=O) groups excluding carboxylic acids is 2. The number of thiophene rings is 1. The third-order valence-electron chi connectivity index (χ3n) is 5.81. The number of anilines is 1. The fourth-order valence-corrected chi connectivity index (χ4v) is 7.88. The maximum atomic E-state index is 13.2. The molecule has 2 fully saturated rings. The average molecular weight is 523 g/mol. The molecule has 3 aromatic rings. The lowest BCUT2D eigenvalue weighted by molar-refractivity contribution is -0.157. The van der Waals surface area contributed by atoms with E-state index in [4.69, 9.17) is 0 Å². The molecule has 2 aliphatic heterocycles. The summed E-state index contributed by atoms with van der Waals surface area (Å²) in [7, 11) is 0. The largest absolute Gasteiger partial charge is 0.481 e. The molecular formula is C17H18N10O4S3. The number of nitrogens with zero attached hydrogens (tertiary/aromatic N) is 8. The van der Waals surface area contributed by atoms with Crippen LogP contribution in [0.4, 0.5) is 5.00 Å². The Morgan fingerprint density at radius 3 is 2.76 bits per heavy atom. The highest BCUT2D eigenvalue weighted by molar-refractivity contribution is 8.01. The van der Waals surface area contributed by atoms with Gasteiger partial charge in [0.2, 0.25) is 17.0 Å². The molecule has 3 N–H and O–H groups in total. The Bertz CT molecular complexity index is 1140. The number of aliphatic carboxylic acids is 1. The van der Waals surface area contributed by atoms with E-state index in [0.29, 0.717) is 10.8 Å². The number of thioether (sulfide) groups is 2. The second-order valence-electron chi connectivity index (χ2n) is 7.75. The topological polar surface area (TPSA) is 187 Å². The molecule has 17 heteroatoms. The van der Waals surface area contributed by atoms with E-state index in [0.717, 1.165) is 11.8 Å². The Balaban J connectivity index is 1.43. The standard InChI is InChI=1S/C17H18N10O4S3/c1-8(28)27(11-3-2-4-32-11)12-13(29)26-6-17(15(30)31,7-33-14(12)26)9(5-10-18-22-23-19-10)34-16-20-24-25-21-16/h2-4,9,12,14H,5-7H2,1H3,(H,30,31)(H,18,19,22,23)(H,20,21,24,25)/t9?,12?,14-,17?/m1/s1. The van der Waals surface area contributed by atoms with E-state index < -0.39 is 22.7 Å². The number of amides is 2. The number of aromatic nitrogens is 8. The molecule has 0 aromatic carbocycles. The summed E-state index contributed by atoms with van der Waals surface area (Å²) in [5.74, 6) is -1.03. The lowest BCUT2D eigenvalue weighted by atomic mass is 9.81. The Labute approximate surface area is 204 Å². The normalized spacial score (nSPS) is 24.9. The summed E-state index contributed by atoms with van der Waals surface area (Å²) in [6.07, 6.45) is 0.160. The fraction of sp³-hybridized carbons (Fsp3) is 0.471. The van der Waals surface area contributed by atoms with Crippen molar-refractivity contribution in [2.45, 2.75) is 35.2 Å². The van der Waals surface area contributed by atoms with Gasteiger partial charge in [0, 0.05) is 30.9 Å². The lowest BCUT2D eigenvalue weighted by Crippen LogP contribution is -2.75. The van der Waals surface area contributed by atoms with E-state index >= 15 is 0 Å². The van der Waals surface area contributed by atoms with Gasteiger partial charge in [-0.15, -0.1) is 43.5 Å². The highest BCUT2D eigenvalue weighted by Crippen LogP contribution is 2.50. The minimum Gasteiger partial charge on any atom is -0.481 e. The van der Waals surface area contributed by atoms with Gasteiger partial charge in [-0.2, -0.15) is 10.4 Å². The van der Waals surface area contributed by atoms with Crippen molar-refractivity contribution in [3.05, 3.63) is 23.3 Å². The zero-order valence-electron chi connectivity index (χ0n) is 17.6. The molecule has 14 nitrogen and oxygen atoms in total. The van der Waals surface area contributed by atoms with Crippen LogP contribution >= 0.6 is 34.9 Å². The van der Waals surface area contributed by atoms with Gasteiger partial charge in [-0.3, -0.25) is 19.3 Å². The molecule has 0 saturated carbocycles. The molecule has 3 aromatic heterocycles. The van der Waals surface area contributed by atoms with Crippen molar-refractivity contribution < 1.29 is 19.5 Å². The van der Waals surface area contributed by atoms with Crippen LogP contribution in [0.1, 0.15) is 12.7 Å². The lowest BCUT2D eigenvalue weighted by Gasteiger charge is -2.57. The second kappa shape index (κ2) is 8.95. The summed E-state index contributed by atoms with van der Waals surface area (Å²) < 4.78 is 0. The van der Waals surface area contributed by atoms with Gasteiger partial charge in [-0.05, 0) is 22.7 Å². The Kier molecular flexibility index (Phi) is 5.98. The van der Waals surface area contributed by atoms with Crippen molar-refractivity contribution in [2.75, 3.05) is 17.2 Å². The number of tetrazole rings is 2. The van der Waals surface area contributed by atoms with Crippen LogP contribution in [0, 0.1) is 5.41 Å². The summed E-state index contributed by atoms with van der Waals surface area (Å²) >= 11 is 3.86. The quantitative estimate of drug-likeness (QED) is 0.263. The van der Waals surface area contributed by atoms with E-state index in [1.807, 2.05) is 11.4 Å². The molecule has 178 valence electrons. The number of nitrogens with one attached hydrogen (secondary N) is 2. The van der Waals surface area contributed by atoms with Crippen molar-refractivity contribution in [2.24, 2.45) is 5.41 Å². The van der Waals surface area contributed by atoms with Crippen LogP contribution in [0.15, 0.2) is 22.7 Å². The summed E-state index contributed by atoms with van der Waals surface area (Å²) in [5, 5.41) is 39.9. The fourth-order valence-electron chi connectivity index (χ4n) is 4.15. The summed E-state index contributed by atoms with van der Waals surface area (Å²) in [6.45, 7) is 1.39. The Morgan fingerprint density at radius 2 is 2.15 bits per heavy atom. The molecular weight excluding hydrogens is 504 g/mol. The van der Waals surface area contributed by atoms with Crippen molar-refractivity contribution >= 4 is 57.6 Å². The van der Waals surface area contributed by atoms with Crippen molar-refractivity contribution in [1.29, 1.82) is 0 Å². The number of fused-ring (bicyclic) bond motifs is 1. The van der Waals surface area contributed by atoms with E-state index in [-0.39, 0.29) is 41.1 Å². The first-order valence-corrected chi connectivity index (χ1v) is 12.8. The van der Waals surface area contributed by atoms with Crippen LogP contribution in [-0.2, 0) is 20.8 Å². The third kappa shape index (κ3) is 3.82. The Morgan fingerprint density at radius 1 is 1.35 bits per heavy atom. The molecule has 3 unspecified atom stereocenters. The van der Waals surface area contributed by atoms with Crippen LogP contribution in [0.25, 0.3) is 0 Å². The second-order valence-corrected chi connectivity index (χ2v) is 10.9. The number of β-lactam (4-membered cyclic amide) rings is 1. The molecule has 2 saturated heterocycles. The van der Waals surface area contributed by atoms with Gasteiger partial charge in [0.25, 0.3) is 0 Å². The van der Waals surface area contributed by atoms with E-state index in [2.05, 4.69) is 41.2 Å². The number of carboxylic acids is 1. The van der Waals surface area contributed by atoms with Gasteiger partial charge >= 0.3 is 5.97 Å². The van der Waals surface area contributed by atoms with Gasteiger partial charge in [0.05, 0.1) is 5.00 Å². The van der Waals surface area contributed by atoms with Gasteiger partial charge in [-0.25, -0.2) is 0 Å². The highest BCUT2D eigenvalue weighted by Gasteiger charge is 2.62. The van der Waals surface area contributed by atoms with Crippen molar-refractivity contribution in [3.8, 4) is 0 Å². The van der Waals surface area contributed by atoms with E-state index in [9.17, 15) is 19.5 Å². The number of carbonyl (C=O) groups is 3. The van der Waals surface area contributed by atoms with Crippen molar-refractivity contribution in [3.63, 3.8) is 0 Å². The van der Waals surface area contributed by atoms with Gasteiger partial charge in [-0.1, -0.05) is 17.0 Å². The number of hydrogen-bond donors (Lipinski definition) is 3. The minimum atomic E-state index is -1.35. The molecule has 34 heavy (non-hydrogen) atoms. The molecule has 0 spiro atoms.